The molecule has 6 aliphatic rings. The monoisotopic (exact) mass is 400 g/mol. The second kappa shape index (κ2) is 5.51. The average molecular weight is 400 g/mol. The molecule has 6 nitrogen and oxygen atoms in total. The van der Waals surface area contributed by atoms with Crippen LogP contribution in [-0.2, 0) is 28.6 Å². The predicted molar refractivity (Wildman–Crippen MR) is 101 cm³/mol. The number of esters is 2. The van der Waals surface area contributed by atoms with E-state index in [-0.39, 0.29) is 58.2 Å². The van der Waals surface area contributed by atoms with Crippen LogP contribution in [0.25, 0.3) is 0 Å². The maximum atomic E-state index is 12.9. The zero-order valence-corrected chi connectivity index (χ0v) is 17.1. The van der Waals surface area contributed by atoms with Gasteiger partial charge in [-0.05, 0) is 50.5 Å². The van der Waals surface area contributed by atoms with E-state index in [1.54, 1.807) is 6.08 Å². The predicted octanol–water partition coefficient (Wildman–Crippen LogP) is 2.73. The molecular weight excluding hydrogens is 372 g/mol. The number of fused-ring (bicyclic) bond motifs is 4. The summed E-state index contributed by atoms with van der Waals surface area (Å²) in [5.41, 5.74) is 0.126. The summed E-state index contributed by atoms with van der Waals surface area (Å²) in [6, 6.07) is 0. The molecule has 156 valence electrons. The molecule has 4 aliphatic carbocycles. The highest BCUT2D eigenvalue weighted by molar-refractivity contribution is 5.92. The van der Waals surface area contributed by atoms with Gasteiger partial charge in [0, 0.05) is 30.1 Å². The van der Waals surface area contributed by atoms with Crippen LogP contribution in [0.15, 0.2) is 11.6 Å². The van der Waals surface area contributed by atoms with Crippen LogP contribution in [0.2, 0.25) is 0 Å². The third-order valence-electron chi connectivity index (χ3n) is 9.50. The topological polar surface area (TPSA) is 82.2 Å². The number of carbonyl (C=O) groups excluding carboxylic acids is 3. The lowest BCUT2D eigenvalue weighted by atomic mass is 9.46. The molecule has 2 aliphatic heterocycles. The molecule has 2 saturated heterocycles. The Morgan fingerprint density at radius 1 is 1.21 bits per heavy atom. The number of epoxide rings is 1. The molecule has 0 bridgehead atoms. The molecule has 3 saturated carbocycles. The van der Waals surface area contributed by atoms with Gasteiger partial charge in [-0.3, -0.25) is 14.4 Å². The molecule has 0 aromatic heterocycles. The van der Waals surface area contributed by atoms with Crippen molar-refractivity contribution in [2.24, 2.45) is 29.1 Å². The number of methoxy groups -OCH3 is 1. The highest BCUT2D eigenvalue weighted by Crippen LogP contribution is 2.75. The van der Waals surface area contributed by atoms with Crippen molar-refractivity contribution in [2.75, 3.05) is 7.11 Å². The van der Waals surface area contributed by atoms with Crippen LogP contribution in [0.1, 0.15) is 58.3 Å². The second-order valence-electron chi connectivity index (χ2n) is 10.3. The van der Waals surface area contributed by atoms with E-state index in [9.17, 15) is 14.4 Å². The smallest absolute Gasteiger partial charge is 0.309 e. The largest absolute Gasteiger partial charge is 0.469 e. The molecule has 0 radical (unpaired) electrons. The maximum absolute atomic E-state index is 12.9. The molecule has 2 heterocycles. The maximum Gasteiger partial charge on any atom is 0.309 e. The third-order valence-corrected chi connectivity index (χ3v) is 9.50. The number of ketones is 1. The Bertz CT molecular complexity index is 861. The van der Waals surface area contributed by atoms with Gasteiger partial charge in [0.15, 0.2) is 5.78 Å². The highest BCUT2D eigenvalue weighted by Gasteiger charge is 2.81. The van der Waals surface area contributed by atoms with Gasteiger partial charge >= 0.3 is 11.9 Å². The number of carbonyl (C=O) groups is 3. The summed E-state index contributed by atoms with van der Waals surface area (Å²) >= 11 is 0. The third kappa shape index (κ3) is 2.04. The Hall–Kier alpha value is -1.69. The molecule has 29 heavy (non-hydrogen) atoms. The van der Waals surface area contributed by atoms with Crippen LogP contribution in [0.4, 0.5) is 0 Å². The summed E-state index contributed by atoms with van der Waals surface area (Å²) in [7, 11) is 1.45. The van der Waals surface area contributed by atoms with Gasteiger partial charge in [0.1, 0.15) is 11.2 Å². The van der Waals surface area contributed by atoms with Gasteiger partial charge in [-0.2, -0.15) is 0 Å². The van der Waals surface area contributed by atoms with Crippen molar-refractivity contribution in [3.05, 3.63) is 11.6 Å². The van der Waals surface area contributed by atoms with E-state index in [0.717, 1.165) is 37.7 Å². The van der Waals surface area contributed by atoms with Crippen molar-refractivity contribution < 1.29 is 28.6 Å². The number of hydrogen-bond donors (Lipinski definition) is 0. The lowest BCUT2D eigenvalue weighted by Gasteiger charge is -2.55. The SMILES string of the molecule is COC(=O)[C@@H]1CC2=CC(=O)CCC2(C)[C@@]23O[C@@H]2CC2C(CC[C@@]24CCC(=O)O4)C13. The van der Waals surface area contributed by atoms with Crippen molar-refractivity contribution in [3.63, 3.8) is 0 Å². The van der Waals surface area contributed by atoms with E-state index in [1.165, 1.54) is 7.11 Å². The molecule has 5 fully saturated rings. The summed E-state index contributed by atoms with van der Waals surface area (Å²) in [5, 5.41) is 0. The summed E-state index contributed by atoms with van der Waals surface area (Å²) < 4.78 is 17.7. The van der Waals surface area contributed by atoms with Crippen LogP contribution in [0.5, 0.6) is 0 Å². The van der Waals surface area contributed by atoms with Crippen molar-refractivity contribution >= 4 is 17.7 Å². The second-order valence-corrected chi connectivity index (χ2v) is 10.3. The molecule has 0 aromatic rings. The Morgan fingerprint density at radius 3 is 2.76 bits per heavy atom. The number of ether oxygens (including phenoxy) is 3. The van der Waals surface area contributed by atoms with E-state index in [2.05, 4.69) is 6.92 Å². The molecule has 0 amide bonds. The molecule has 4 unspecified atom stereocenters. The Kier molecular flexibility index (Phi) is 3.44. The van der Waals surface area contributed by atoms with E-state index < -0.39 is 0 Å². The van der Waals surface area contributed by atoms with Crippen molar-refractivity contribution in [1.29, 1.82) is 0 Å². The van der Waals surface area contributed by atoms with Crippen LogP contribution >= 0.6 is 0 Å². The van der Waals surface area contributed by atoms with Crippen molar-refractivity contribution in [1.82, 2.24) is 0 Å². The molecule has 0 N–H and O–H groups in total. The minimum atomic E-state index is -0.383. The van der Waals surface area contributed by atoms with Crippen LogP contribution in [0.3, 0.4) is 0 Å². The van der Waals surface area contributed by atoms with E-state index >= 15 is 0 Å². The minimum absolute atomic E-state index is 0.0627. The lowest BCUT2D eigenvalue weighted by Crippen LogP contribution is -2.60. The first-order valence-corrected chi connectivity index (χ1v) is 11.1. The highest BCUT2D eigenvalue weighted by atomic mass is 16.6. The van der Waals surface area contributed by atoms with Gasteiger partial charge in [-0.15, -0.1) is 0 Å². The minimum Gasteiger partial charge on any atom is -0.469 e. The fourth-order valence-electron chi connectivity index (χ4n) is 8.24. The fourth-order valence-corrected chi connectivity index (χ4v) is 8.24. The first kappa shape index (κ1) is 18.1. The van der Waals surface area contributed by atoms with Crippen LogP contribution in [-0.4, -0.2) is 42.1 Å². The van der Waals surface area contributed by atoms with Gasteiger partial charge in [-0.25, -0.2) is 0 Å². The zero-order chi connectivity index (χ0) is 20.2. The van der Waals surface area contributed by atoms with E-state index in [0.29, 0.717) is 25.2 Å². The van der Waals surface area contributed by atoms with Gasteiger partial charge in [0.25, 0.3) is 0 Å². The Labute approximate surface area is 170 Å². The quantitative estimate of drug-likeness (QED) is 0.497. The Balaban J connectivity index is 1.45. The summed E-state index contributed by atoms with van der Waals surface area (Å²) in [6.45, 7) is 2.24. The van der Waals surface area contributed by atoms with Gasteiger partial charge in [0.05, 0.1) is 19.1 Å². The van der Waals surface area contributed by atoms with E-state index in [4.69, 9.17) is 14.2 Å². The number of rotatable bonds is 1. The van der Waals surface area contributed by atoms with Crippen molar-refractivity contribution in [3.8, 4) is 0 Å². The normalized spacial score (nSPS) is 52.1. The van der Waals surface area contributed by atoms with Gasteiger partial charge in [-0.1, -0.05) is 12.5 Å². The standard InChI is InChI=1S/C23H28O6/c1-21-6-3-13(24)9-12(21)10-15(20(26)27-2)19-14-4-7-22(8-5-18(25)29-22)16(14)11-17-23(19,21)28-17/h9,14-17,19H,3-8,10-11H2,1-2H3/t14?,15-,16?,17-,19?,21?,22-,23-/m1/s1. The average Bonchev–Trinajstić information content (AvgIpc) is 3.19. The molecule has 8 atom stereocenters. The summed E-state index contributed by atoms with van der Waals surface area (Å²) in [6.07, 6.45) is 7.78. The number of hydrogen-bond acceptors (Lipinski definition) is 6. The molecular formula is C23H28O6. The first-order valence-electron chi connectivity index (χ1n) is 11.1. The van der Waals surface area contributed by atoms with Gasteiger partial charge < -0.3 is 14.2 Å². The molecule has 6 heteroatoms. The van der Waals surface area contributed by atoms with Crippen molar-refractivity contribution in [2.45, 2.75) is 75.6 Å². The Morgan fingerprint density at radius 2 is 2.03 bits per heavy atom. The lowest BCUT2D eigenvalue weighted by molar-refractivity contribution is -0.160. The molecule has 2 spiro atoms. The van der Waals surface area contributed by atoms with Crippen LogP contribution in [0, 0.1) is 29.1 Å². The molecule has 0 aromatic carbocycles. The fraction of sp³-hybridized carbons (Fsp3) is 0.783. The van der Waals surface area contributed by atoms with Gasteiger partial charge in [0.2, 0.25) is 0 Å². The summed E-state index contributed by atoms with van der Waals surface area (Å²) in [5.74, 6) is 0.179. The first-order chi connectivity index (χ1) is 13.8. The van der Waals surface area contributed by atoms with Crippen LogP contribution < -0.4 is 0 Å². The zero-order valence-electron chi connectivity index (χ0n) is 17.1. The summed E-state index contributed by atoms with van der Waals surface area (Å²) in [4.78, 5) is 37.1. The molecule has 6 rings (SSSR count). The van der Waals surface area contributed by atoms with E-state index in [1.807, 2.05) is 0 Å².